The van der Waals surface area contributed by atoms with Gasteiger partial charge in [0.15, 0.2) is 0 Å². The van der Waals surface area contributed by atoms with Gasteiger partial charge in [-0.15, -0.1) is 0 Å². The molecule has 0 heterocycles. The zero-order chi connectivity index (χ0) is 11.7. The topological polar surface area (TPSA) is 3.24 Å². The summed E-state index contributed by atoms with van der Waals surface area (Å²) in [6, 6.07) is 0.767. The van der Waals surface area contributed by atoms with Gasteiger partial charge >= 0.3 is 0 Å². The molecule has 0 fully saturated rings. The second-order valence-corrected chi connectivity index (χ2v) is 5.22. The maximum atomic E-state index is 2.69. The summed E-state index contributed by atoms with van der Waals surface area (Å²) in [6.45, 7) is 14.2. The minimum Gasteiger partial charge on any atom is -0.301 e. The number of nitrogens with zero attached hydrogens (tertiary/aromatic N) is 1. The van der Waals surface area contributed by atoms with Crippen LogP contribution in [0.4, 0.5) is 0 Å². The van der Waals surface area contributed by atoms with E-state index in [1.54, 1.807) is 0 Å². The normalized spacial score (nSPS) is 13.8. The quantitative estimate of drug-likeness (QED) is 0.551. The lowest BCUT2D eigenvalue weighted by Gasteiger charge is -2.30. The van der Waals surface area contributed by atoms with E-state index >= 15 is 0 Å². The average Bonchev–Trinajstić information content (AvgIpc) is 2.17. The van der Waals surface area contributed by atoms with Crippen LogP contribution < -0.4 is 0 Å². The average molecular weight is 213 g/mol. The summed E-state index contributed by atoms with van der Waals surface area (Å²) in [4.78, 5) is 2.69. The lowest BCUT2D eigenvalue weighted by molar-refractivity contribution is 0.181. The molecule has 0 N–H and O–H groups in total. The molecule has 1 nitrogen and oxygen atoms in total. The van der Waals surface area contributed by atoms with Crippen molar-refractivity contribution in [1.29, 1.82) is 0 Å². The maximum absolute atomic E-state index is 2.69. The van der Waals surface area contributed by atoms with E-state index in [2.05, 4.69) is 39.5 Å². The fourth-order valence-electron chi connectivity index (χ4n) is 2.11. The Hall–Kier alpha value is -0.0400. The van der Waals surface area contributed by atoms with Crippen molar-refractivity contribution in [3.63, 3.8) is 0 Å². The third-order valence-corrected chi connectivity index (χ3v) is 3.03. The smallest absolute Gasteiger partial charge is 0.00693 e. The van der Waals surface area contributed by atoms with Crippen LogP contribution in [-0.4, -0.2) is 24.0 Å². The number of unbranched alkanes of at least 4 members (excludes halogenated alkanes) is 2. The lowest BCUT2D eigenvalue weighted by atomic mass is 10.0. The summed E-state index contributed by atoms with van der Waals surface area (Å²) < 4.78 is 0. The molecule has 0 rings (SSSR count). The molecule has 92 valence electrons. The molecule has 1 heteroatoms. The van der Waals surface area contributed by atoms with Crippen molar-refractivity contribution in [3.05, 3.63) is 0 Å². The number of rotatable bonds is 9. The van der Waals surface area contributed by atoms with E-state index in [-0.39, 0.29) is 0 Å². The maximum Gasteiger partial charge on any atom is 0.00693 e. The van der Waals surface area contributed by atoms with Gasteiger partial charge in [0.05, 0.1) is 0 Å². The van der Waals surface area contributed by atoms with E-state index in [4.69, 9.17) is 0 Å². The van der Waals surface area contributed by atoms with Gasteiger partial charge in [-0.25, -0.2) is 0 Å². The molecule has 0 radical (unpaired) electrons. The first kappa shape index (κ1) is 15.0. The second-order valence-electron chi connectivity index (χ2n) is 5.22. The van der Waals surface area contributed by atoms with Crippen molar-refractivity contribution in [2.75, 3.05) is 13.1 Å². The molecule has 0 amide bonds. The SMILES string of the molecule is CCCCN(CCCC)[C@H](C)CC(C)C. The van der Waals surface area contributed by atoms with E-state index in [1.165, 1.54) is 45.2 Å². The highest BCUT2D eigenvalue weighted by Crippen LogP contribution is 2.13. The molecule has 0 bridgehead atoms. The Balaban J connectivity index is 3.95. The van der Waals surface area contributed by atoms with Crippen LogP contribution in [-0.2, 0) is 0 Å². The standard InChI is InChI=1S/C14H31N/c1-6-8-10-15(11-9-7-2)14(5)12-13(3)4/h13-14H,6-12H2,1-5H3/t14-/m1/s1. The second kappa shape index (κ2) is 9.21. The van der Waals surface area contributed by atoms with E-state index in [0.29, 0.717) is 0 Å². The van der Waals surface area contributed by atoms with Gasteiger partial charge in [-0.05, 0) is 45.2 Å². The van der Waals surface area contributed by atoms with Crippen LogP contribution in [0.2, 0.25) is 0 Å². The Morgan fingerprint density at radius 2 is 1.33 bits per heavy atom. The molecule has 0 saturated carbocycles. The Morgan fingerprint density at radius 3 is 1.67 bits per heavy atom. The highest BCUT2D eigenvalue weighted by atomic mass is 15.1. The first-order valence-corrected chi connectivity index (χ1v) is 6.85. The Kier molecular flexibility index (Phi) is 9.18. The van der Waals surface area contributed by atoms with Gasteiger partial charge < -0.3 is 4.90 Å². The lowest BCUT2D eigenvalue weighted by Crippen LogP contribution is -2.35. The first-order valence-electron chi connectivity index (χ1n) is 6.85. The van der Waals surface area contributed by atoms with Gasteiger partial charge in [-0.1, -0.05) is 40.5 Å². The summed E-state index contributed by atoms with van der Waals surface area (Å²) >= 11 is 0. The summed E-state index contributed by atoms with van der Waals surface area (Å²) in [5.41, 5.74) is 0. The minimum atomic E-state index is 0.767. The molecule has 0 aromatic rings. The summed E-state index contributed by atoms with van der Waals surface area (Å²) in [5.74, 6) is 0.825. The van der Waals surface area contributed by atoms with Crippen LogP contribution in [0.3, 0.4) is 0 Å². The fraction of sp³-hybridized carbons (Fsp3) is 1.00. The fourth-order valence-corrected chi connectivity index (χ4v) is 2.11. The first-order chi connectivity index (χ1) is 7.11. The molecule has 0 aliphatic rings. The van der Waals surface area contributed by atoms with E-state index in [1.807, 2.05) is 0 Å². The van der Waals surface area contributed by atoms with Gasteiger partial charge in [0.1, 0.15) is 0 Å². The summed E-state index contributed by atoms with van der Waals surface area (Å²) in [7, 11) is 0. The highest BCUT2D eigenvalue weighted by molar-refractivity contribution is 4.68. The predicted molar refractivity (Wildman–Crippen MR) is 70.3 cm³/mol. The molecule has 0 saturated heterocycles. The summed E-state index contributed by atoms with van der Waals surface area (Å²) in [5, 5.41) is 0. The molecule has 0 spiro atoms. The highest BCUT2D eigenvalue weighted by Gasteiger charge is 2.13. The van der Waals surface area contributed by atoms with Crippen molar-refractivity contribution in [1.82, 2.24) is 4.90 Å². The van der Waals surface area contributed by atoms with Crippen molar-refractivity contribution in [2.45, 2.75) is 72.8 Å². The van der Waals surface area contributed by atoms with E-state index < -0.39 is 0 Å². The Bertz CT molecular complexity index is 123. The Morgan fingerprint density at radius 1 is 0.867 bits per heavy atom. The summed E-state index contributed by atoms with van der Waals surface area (Å²) in [6.07, 6.45) is 6.68. The van der Waals surface area contributed by atoms with Crippen molar-refractivity contribution in [3.8, 4) is 0 Å². The molecular weight excluding hydrogens is 182 g/mol. The van der Waals surface area contributed by atoms with Gasteiger partial charge in [-0.2, -0.15) is 0 Å². The van der Waals surface area contributed by atoms with Gasteiger partial charge in [0, 0.05) is 6.04 Å². The molecule has 0 aliphatic carbocycles. The van der Waals surface area contributed by atoms with Crippen LogP contribution >= 0.6 is 0 Å². The van der Waals surface area contributed by atoms with Gasteiger partial charge in [-0.3, -0.25) is 0 Å². The predicted octanol–water partition coefficient (Wildman–Crippen LogP) is 4.32. The molecule has 0 aliphatic heterocycles. The van der Waals surface area contributed by atoms with Crippen LogP contribution in [0, 0.1) is 5.92 Å². The van der Waals surface area contributed by atoms with Crippen LogP contribution in [0.5, 0.6) is 0 Å². The number of hydrogen-bond donors (Lipinski definition) is 0. The van der Waals surface area contributed by atoms with Crippen molar-refractivity contribution >= 4 is 0 Å². The molecule has 0 aromatic carbocycles. The molecular formula is C14H31N. The zero-order valence-corrected chi connectivity index (χ0v) is 11.6. The van der Waals surface area contributed by atoms with E-state index in [9.17, 15) is 0 Å². The van der Waals surface area contributed by atoms with Crippen molar-refractivity contribution in [2.24, 2.45) is 5.92 Å². The van der Waals surface area contributed by atoms with E-state index in [0.717, 1.165) is 12.0 Å². The largest absolute Gasteiger partial charge is 0.301 e. The van der Waals surface area contributed by atoms with Crippen LogP contribution in [0.1, 0.15) is 66.7 Å². The van der Waals surface area contributed by atoms with Gasteiger partial charge in [0.2, 0.25) is 0 Å². The van der Waals surface area contributed by atoms with Crippen LogP contribution in [0.25, 0.3) is 0 Å². The molecule has 1 atom stereocenters. The zero-order valence-electron chi connectivity index (χ0n) is 11.6. The number of hydrogen-bond acceptors (Lipinski definition) is 1. The molecule has 0 aromatic heterocycles. The minimum absolute atomic E-state index is 0.767. The molecule has 0 unspecified atom stereocenters. The third-order valence-electron chi connectivity index (χ3n) is 3.03. The van der Waals surface area contributed by atoms with Gasteiger partial charge in [0.25, 0.3) is 0 Å². The molecule has 15 heavy (non-hydrogen) atoms. The Labute approximate surface area is 97.2 Å². The third kappa shape index (κ3) is 7.84. The monoisotopic (exact) mass is 213 g/mol. The van der Waals surface area contributed by atoms with Crippen molar-refractivity contribution < 1.29 is 0 Å². The van der Waals surface area contributed by atoms with Crippen LogP contribution in [0.15, 0.2) is 0 Å².